The smallest absolute Gasteiger partial charge is 0.255 e. The Bertz CT molecular complexity index is 1310. The highest BCUT2D eigenvalue weighted by Gasteiger charge is 2.26. The van der Waals surface area contributed by atoms with E-state index >= 15 is 0 Å². The minimum absolute atomic E-state index is 0.262. The molecule has 1 aliphatic carbocycles. The molecule has 7 nitrogen and oxygen atoms in total. The van der Waals surface area contributed by atoms with Gasteiger partial charge in [0.1, 0.15) is 11.5 Å². The average Bonchev–Trinajstić information content (AvgIpc) is 3.45. The minimum atomic E-state index is -0.533. The summed E-state index contributed by atoms with van der Waals surface area (Å²) in [4.78, 5) is 17.4. The highest BCUT2D eigenvalue weighted by molar-refractivity contribution is 6.00. The number of hydrogen-bond donors (Lipinski definition) is 2. The molecule has 2 atom stereocenters. The Labute approximate surface area is 190 Å². The Morgan fingerprint density at radius 2 is 2.06 bits per heavy atom. The number of carbonyl (C=O) groups excluding carboxylic acids is 1. The Balaban J connectivity index is 1.41. The van der Waals surface area contributed by atoms with Crippen molar-refractivity contribution in [3.8, 4) is 11.1 Å². The number of pyridine rings is 1. The van der Waals surface area contributed by atoms with Gasteiger partial charge in [0.25, 0.3) is 5.91 Å². The van der Waals surface area contributed by atoms with Crippen molar-refractivity contribution < 1.29 is 14.3 Å². The topological polar surface area (TPSA) is 84.5 Å². The van der Waals surface area contributed by atoms with Crippen LogP contribution in [0.5, 0.6) is 0 Å². The van der Waals surface area contributed by atoms with E-state index in [1.165, 1.54) is 6.07 Å². The van der Waals surface area contributed by atoms with E-state index in [4.69, 9.17) is 0 Å². The summed E-state index contributed by atoms with van der Waals surface area (Å²) in [5, 5.41) is 17.4. The molecule has 3 aromatic heterocycles. The summed E-state index contributed by atoms with van der Waals surface area (Å²) in [7, 11) is 1.82. The fourth-order valence-electron chi connectivity index (χ4n) is 4.54. The number of aryl methyl sites for hydroxylation is 1. The van der Waals surface area contributed by atoms with Gasteiger partial charge < -0.3 is 14.8 Å². The summed E-state index contributed by atoms with van der Waals surface area (Å²) < 4.78 is 18.4. The first-order chi connectivity index (χ1) is 16.0. The molecular weight excluding hydrogens is 421 g/mol. The third kappa shape index (κ3) is 4.39. The largest absolute Gasteiger partial charge is 0.391 e. The third-order valence-electron chi connectivity index (χ3n) is 6.32. The van der Waals surface area contributed by atoms with E-state index in [-0.39, 0.29) is 17.8 Å². The molecule has 5 rings (SSSR count). The number of fused-ring (bicyclic) bond motifs is 1. The summed E-state index contributed by atoms with van der Waals surface area (Å²) in [6.07, 6.45) is 12.0. The van der Waals surface area contributed by atoms with Crippen molar-refractivity contribution >= 4 is 11.6 Å². The maximum Gasteiger partial charge on any atom is 0.255 e. The molecule has 1 fully saturated rings. The minimum Gasteiger partial charge on any atom is -0.391 e. The van der Waals surface area contributed by atoms with E-state index in [1.807, 2.05) is 25.5 Å². The quantitative estimate of drug-likeness (QED) is 0.491. The molecule has 3 heterocycles. The zero-order valence-corrected chi connectivity index (χ0v) is 18.4. The zero-order valence-electron chi connectivity index (χ0n) is 18.4. The number of carbonyl (C=O) groups is 1. The number of benzene rings is 1. The van der Waals surface area contributed by atoms with Crippen molar-refractivity contribution in [3.05, 3.63) is 77.8 Å². The maximum atomic E-state index is 14.9. The second-order valence-electron chi connectivity index (χ2n) is 8.74. The fraction of sp³-hybridized carbons (Fsp3) is 0.320. The molecule has 1 aliphatic rings. The van der Waals surface area contributed by atoms with Gasteiger partial charge in [-0.25, -0.2) is 9.37 Å². The lowest BCUT2D eigenvalue weighted by Gasteiger charge is -2.28. The van der Waals surface area contributed by atoms with Crippen LogP contribution in [0.2, 0.25) is 0 Å². The number of hydrogen-bond acceptors (Lipinski definition) is 4. The molecule has 0 radical (unpaired) electrons. The lowest BCUT2D eigenvalue weighted by atomic mass is 9.92. The number of imidazole rings is 1. The van der Waals surface area contributed by atoms with Crippen molar-refractivity contribution in [2.75, 3.05) is 0 Å². The predicted octanol–water partition coefficient (Wildman–Crippen LogP) is 3.50. The van der Waals surface area contributed by atoms with E-state index in [2.05, 4.69) is 15.4 Å². The van der Waals surface area contributed by atoms with Gasteiger partial charge in [0.15, 0.2) is 0 Å². The molecule has 0 aliphatic heterocycles. The monoisotopic (exact) mass is 447 g/mol. The van der Waals surface area contributed by atoms with Gasteiger partial charge >= 0.3 is 0 Å². The Morgan fingerprint density at radius 3 is 2.82 bits per heavy atom. The summed E-state index contributed by atoms with van der Waals surface area (Å²) in [6.45, 7) is 0. The zero-order chi connectivity index (χ0) is 22.9. The fourth-order valence-corrected chi connectivity index (χ4v) is 4.54. The van der Waals surface area contributed by atoms with E-state index in [0.29, 0.717) is 29.6 Å². The van der Waals surface area contributed by atoms with Gasteiger partial charge in [-0.05, 0) is 41.7 Å². The highest BCUT2D eigenvalue weighted by Crippen LogP contribution is 2.24. The number of rotatable bonds is 5. The molecule has 1 aromatic carbocycles. The first-order valence-electron chi connectivity index (χ1n) is 11.2. The molecule has 0 unspecified atom stereocenters. The van der Waals surface area contributed by atoms with Crippen molar-refractivity contribution in [2.45, 2.75) is 44.2 Å². The molecule has 0 bridgehead atoms. The molecule has 0 saturated heterocycles. The number of aliphatic hydroxyl groups excluding tert-OH is 1. The van der Waals surface area contributed by atoms with Crippen LogP contribution in [-0.2, 0) is 13.5 Å². The van der Waals surface area contributed by atoms with Crippen molar-refractivity contribution in [1.82, 2.24) is 24.5 Å². The first-order valence-corrected chi connectivity index (χ1v) is 11.2. The van der Waals surface area contributed by atoms with Crippen LogP contribution >= 0.6 is 0 Å². The Hall–Kier alpha value is -3.52. The SMILES string of the molecule is Cn1cc(-c2ccc(Cc3cc(C(=O)N[C@H]4CCCC[C@@H]4O)c4nccn4c3)c(F)c2)cn1. The molecule has 4 aromatic rings. The van der Waals surface area contributed by atoms with Gasteiger partial charge in [-0.1, -0.05) is 25.0 Å². The summed E-state index contributed by atoms with van der Waals surface area (Å²) >= 11 is 0. The lowest BCUT2D eigenvalue weighted by Crippen LogP contribution is -2.45. The van der Waals surface area contributed by atoms with Crippen LogP contribution in [0, 0.1) is 5.82 Å². The third-order valence-corrected chi connectivity index (χ3v) is 6.32. The van der Waals surface area contributed by atoms with Crippen LogP contribution in [0.25, 0.3) is 16.8 Å². The molecule has 1 amide bonds. The number of halogens is 1. The van der Waals surface area contributed by atoms with Crippen LogP contribution in [0.3, 0.4) is 0 Å². The molecule has 1 saturated carbocycles. The molecule has 33 heavy (non-hydrogen) atoms. The van der Waals surface area contributed by atoms with Gasteiger partial charge in [-0.3, -0.25) is 9.48 Å². The van der Waals surface area contributed by atoms with Gasteiger partial charge in [-0.15, -0.1) is 0 Å². The predicted molar refractivity (Wildman–Crippen MR) is 122 cm³/mol. The maximum absolute atomic E-state index is 14.9. The number of aliphatic hydroxyl groups is 1. The average molecular weight is 448 g/mol. The Kier molecular flexibility index (Phi) is 5.68. The standard InChI is InChI=1S/C25H26FN5O2/c1-30-15-19(13-28-30)17-6-7-18(21(26)12-17)10-16-11-20(24-27-8-9-31(24)14-16)25(33)29-22-4-2-3-5-23(22)32/h6-9,11-15,22-23,32H,2-5,10H2,1H3,(H,29,33)/t22-,23-/m0/s1. The molecule has 2 N–H and O–H groups in total. The normalized spacial score (nSPS) is 18.5. The Morgan fingerprint density at radius 1 is 1.21 bits per heavy atom. The molecule has 170 valence electrons. The number of amides is 1. The van der Waals surface area contributed by atoms with Crippen LogP contribution in [0.4, 0.5) is 4.39 Å². The van der Waals surface area contributed by atoms with Gasteiger partial charge in [0, 0.05) is 43.8 Å². The van der Waals surface area contributed by atoms with Crippen molar-refractivity contribution in [3.63, 3.8) is 0 Å². The van der Waals surface area contributed by atoms with E-state index < -0.39 is 6.10 Å². The molecular formula is C25H26FN5O2. The molecule has 0 spiro atoms. The van der Waals surface area contributed by atoms with E-state index in [1.54, 1.807) is 39.8 Å². The molecule has 8 heteroatoms. The lowest BCUT2D eigenvalue weighted by molar-refractivity contribution is 0.0718. The van der Waals surface area contributed by atoms with E-state index in [0.717, 1.165) is 36.0 Å². The second kappa shape index (κ2) is 8.78. The highest BCUT2D eigenvalue weighted by atomic mass is 19.1. The summed E-state index contributed by atoms with van der Waals surface area (Å²) in [5.74, 6) is -0.579. The van der Waals surface area contributed by atoms with E-state index in [9.17, 15) is 14.3 Å². The number of nitrogens with one attached hydrogen (secondary N) is 1. The number of aromatic nitrogens is 4. The van der Waals surface area contributed by atoms with Gasteiger partial charge in [0.2, 0.25) is 0 Å². The van der Waals surface area contributed by atoms with Crippen LogP contribution in [0.1, 0.15) is 47.2 Å². The van der Waals surface area contributed by atoms with Gasteiger partial charge in [-0.2, -0.15) is 5.10 Å². The van der Waals surface area contributed by atoms with Crippen molar-refractivity contribution in [2.24, 2.45) is 7.05 Å². The van der Waals surface area contributed by atoms with Crippen molar-refractivity contribution in [1.29, 1.82) is 0 Å². The summed E-state index contributed by atoms with van der Waals surface area (Å²) in [6, 6.07) is 6.67. The van der Waals surface area contributed by atoms with Crippen LogP contribution < -0.4 is 5.32 Å². The van der Waals surface area contributed by atoms with Crippen LogP contribution in [0.15, 0.2) is 55.2 Å². The first kappa shape index (κ1) is 21.3. The van der Waals surface area contributed by atoms with Gasteiger partial charge in [0.05, 0.1) is 23.9 Å². The van der Waals surface area contributed by atoms with Crippen LogP contribution in [-0.4, -0.2) is 42.3 Å². The summed E-state index contributed by atoms with van der Waals surface area (Å²) in [5.41, 5.74) is 3.91. The second-order valence-corrected chi connectivity index (χ2v) is 8.74. The number of nitrogens with zero attached hydrogens (tertiary/aromatic N) is 4.